The standard InChI is InChI=1S/C11H15IN2OS/c1-16-7-6-10(13)11(15)14-9-4-2-8(12)3-5-9/h2-5,10H,6-7,13H2,1H3,(H,14,15)/t10-/m0/s1. The van der Waals surface area contributed by atoms with Crippen LogP contribution in [0.4, 0.5) is 5.69 Å². The number of thioether (sulfide) groups is 1. The van der Waals surface area contributed by atoms with Crippen LogP contribution >= 0.6 is 34.4 Å². The second-order valence-electron chi connectivity index (χ2n) is 3.38. The molecular formula is C11H15IN2OS. The molecule has 16 heavy (non-hydrogen) atoms. The zero-order valence-corrected chi connectivity index (χ0v) is 12.0. The number of nitrogens with one attached hydrogen (secondary N) is 1. The topological polar surface area (TPSA) is 55.1 Å². The average molecular weight is 350 g/mol. The van der Waals surface area contributed by atoms with E-state index in [0.717, 1.165) is 15.0 Å². The maximum Gasteiger partial charge on any atom is 0.241 e. The summed E-state index contributed by atoms with van der Waals surface area (Å²) in [5.74, 6) is 0.789. The summed E-state index contributed by atoms with van der Waals surface area (Å²) in [5, 5.41) is 2.80. The van der Waals surface area contributed by atoms with E-state index in [1.807, 2.05) is 30.5 Å². The van der Waals surface area contributed by atoms with Gasteiger partial charge >= 0.3 is 0 Å². The molecular weight excluding hydrogens is 335 g/mol. The number of halogens is 1. The third kappa shape index (κ3) is 4.71. The number of nitrogens with two attached hydrogens (primary N) is 1. The van der Waals surface area contributed by atoms with Crippen molar-refractivity contribution in [1.82, 2.24) is 0 Å². The third-order valence-electron chi connectivity index (χ3n) is 2.08. The number of hydrogen-bond donors (Lipinski definition) is 2. The molecule has 1 atom stereocenters. The van der Waals surface area contributed by atoms with Crippen LogP contribution in [0.3, 0.4) is 0 Å². The molecule has 0 aliphatic carbocycles. The van der Waals surface area contributed by atoms with Crippen molar-refractivity contribution in [3.8, 4) is 0 Å². The molecule has 5 heteroatoms. The SMILES string of the molecule is CSCC[C@H](N)C(=O)Nc1ccc(I)cc1. The van der Waals surface area contributed by atoms with E-state index in [0.29, 0.717) is 6.42 Å². The van der Waals surface area contributed by atoms with Gasteiger partial charge in [-0.3, -0.25) is 4.79 Å². The molecule has 0 radical (unpaired) electrons. The highest BCUT2D eigenvalue weighted by molar-refractivity contribution is 14.1. The van der Waals surface area contributed by atoms with E-state index in [4.69, 9.17) is 5.73 Å². The van der Waals surface area contributed by atoms with Crippen molar-refractivity contribution in [3.05, 3.63) is 27.8 Å². The van der Waals surface area contributed by atoms with Gasteiger partial charge < -0.3 is 11.1 Å². The molecule has 0 spiro atoms. The quantitative estimate of drug-likeness (QED) is 0.802. The van der Waals surface area contributed by atoms with Gasteiger partial charge in [0, 0.05) is 9.26 Å². The van der Waals surface area contributed by atoms with Crippen LogP contribution in [0, 0.1) is 3.57 Å². The Hall–Kier alpha value is -0.270. The molecule has 0 aliphatic rings. The Kier molecular flexibility index (Phi) is 6.15. The maximum atomic E-state index is 11.7. The van der Waals surface area contributed by atoms with Gasteiger partial charge in [-0.2, -0.15) is 11.8 Å². The first kappa shape index (κ1) is 13.8. The number of hydrogen-bond acceptors (Lipinski definition) is 3. The fraction of sp³-hybridized carbons (Fsp3) is 0.364. The van der Waals surface area contributed by atoms with E-state index in [1.54, 1.807) is 11.8 Å². The van der Waals surface area contributed by atoms with Crippen molar-refractivity contribution in [2.24, 2.45) is 5.73 Å². The summed E-state index contributed by atoms with van der Waals surface area (Å²) in [4.78, 5) is 11.7. The molecule has 88 valence electrons. The van der Waals surface area contributed by atoms with Gasteiger partial charge in [-0.1, -0.05) is 0 Å². The van der Waals surface area contributed by atoms with Crippen molar-refractivity contribution in [2.45, 2.75) is 12.5 Å². The van der Waals surface area contributed by atoms with Crippen LogP contribution < -0.4 is 11.1 Å². The Morgan fingerprint density at radius 3 is 2.69 bits per heavy atom. The zero-order chi connectivity index (χ0) is 12.0. The Labute approximate surface area is 114 Å². The van der Waals surface area contributed by atoms with Gasteiger partial charge in [0.05, 0.1) is 6.04 Å². The highest BCUT2D eigenvalue weighted by Crippen LogP contribution is 2.11. The minimum atomic E-state index is -0.424. The number of amides is 1. The fourth-order valence-electron chi connectivity index (χ4n) is 1.14. The van der Waals surface area contributed by atoms with E-state index in [1.165, 1.54) is 0 Å². The molecule has 3 nitrogen and oxygen atoms in total. The fourth-order valence-corrected chi connectivity index (χ4v) is 1.99. The number of carbonyl (C=O) groups excluding carboxylic acids is 1. The number of rotatable bonds is 5. The number of anilines is 1. The summed E-state index contributed by atoms with van der Waals surface area (Å²) in [5.41, 5.74) is 6.55. The summed E-state index contributed by atoms with van der Waals surface area (Å²) >= 11 is 3.92. The zero-order valence-electron chi connectivity index (χ0n) is 9.07. The molecule has 0 saturated carbocycles. The van der Waals surface area contributed by atoms with Crippen LogP contribution in [0.5, 0.6) is 0 Å². The van der Waals surface area contributed by atoms with Crippen molar-refractivity contribution >= 4 is 45.9 Å². The second-order valence-corrected chi connectivity index (χ2v) is 5.62. The Bertz CT molecular complexity index is 342. The predicted molar refractivity (Wildman–Crippen MR) is 78.8 cm³/mol. The van der Waals surface area contributed by atoms with Gasteiger partial charge in [0.25, 0.3) is 0 Å². The Morgan fingerprint density at radius 1 is 1.50 bits per heavy atom. The van der Waals surface area contributed by atoms with Gasteiger partial charge in [-0.15, -0.1) is 0 Å². The first-order chi connectivity index (χ1) is 7.63. The molecule has 0 bridgehead atoms. The lowest BCUT2D eigenvalue weighted by Gasteiger charge is -2.11. The summed E-state index contributed by atoms with van der Waals surface area (Å²) in [6, 6.07) is 7.22. The van der Waals surface area contributed by atoms with Crippen molar-refractivity contribution in [2.75, 3.05) is 17.3 Å². The van der Waals surface area contributed by atoms with E-state index in [2.05, 4.69) is 27.9 Å². The molecule has 1 rings (SSSR count). The first-order valence-corrected chi connectivity index (χ1v) is 7.41. The minimum Gasteiger partial charge on any atom is -0.325 e. The van der Waals surface area contributed by atoms with Crippen LogP contribution in [0.2, 0.25) is 0 Å². The normalized spacial score (nSPS) is 12.2. The highest BCUT2D eigenvalue weighted by Gasteiger charge is 2.12. The monoisotopic (exact) mass is 350 g/mol. The lowest BCUT2D eigenvalue weighted by atomic mass is 10.2. The lowest BCUT2D eigenvalue weighted by molar-refractivity contribution is -0.117. The molecule has 0 aliphatic heterocycles. The van der Waals surface area contributed by atoms with Crippen LogP contribution in [0.25, 0.3) is 0 Å². The summed E-state index contributed by atoms with van der Waals surface area (Å²) in [6.45, 7) is 0. The molecule has 0 aromatic heterocycles. The third-order valence-corrected chi connectivity index (χ3v) is 3.44. The Balaban J connectivity index is 2.47. The molecule has 0 fully saturated rings. The van der Waals surface area contributed by atoms with Gasteiger partial charge in [0.2, 0.25) is 5.91 Å². The molecule has 1 amide bonds. The smallest absolute Gasteiger partial charge is 0.241 e. The van der Waals surface area contributed by atoms with Gasteiger partial charge in [0.15, 0.2) is 0 Å². The minimum absolute atomic E-state index is 0.116. The molecule has 1 aromatic carbocycles. The summed E-state index contributed by atoms with van der Waals surface area (Å²) in [6.07, 6.45) is 2.71. The number of carbonyl (C=O) groups is 1. The number of benzene rings is 1. The second kappa shape index (κ2) is 7.13. The van der Waals surface area contributed by atoms with E-state index >= 15 is 0 Å². The van der Waals surface area contributed by atoms with E-state index in [9.17, 15) is 4.79 Å². The van der Waals surface area contributed by atoms with Crippen LogP contribution in [-0.2, 0) is 4.79 Å². The summed E-state index contributed by atoms with van der Waals surface area (Å²) < 4.78 is 1.14. The Morgan fingerprint density at radius 2 is 2.12 bits per heavy atom. The van der Waals surface area contributed by atoms with Crippen LogP contribution in [-0.4, -0.2) is 24.0 Å². The van der Waals surface area contributed by atoms with Crippen molar-refractivity contribution in [3.63, 3.8) is 0 Å². The van der Waals surface area contributed by atoms with E-state index < -0.39 is 6.04 Å². The maximum absolute atomic E-state index is 11.7. The van der Waals surface area contributed by atoms with Gasteiger partial charge in [0.1, 0.15) is 0 Å². The average Bonchev–Trinajstić information content (AvgIpc) is 2.29. The molecule has 3 N–H and O–H groups in total. The first-order valence-electron chi connectivity index (χ1n) is 4.94. The largest absolute Gasteiger partial charge is 0.325 e. The molecule has 0 heterocycles. The molecule has 1 aromatic rings. The van der Waals surface area contributed by atoms with Crippen LogP contribution in [0.15, 0.2) is 24.3 Å². The van der Waals surface area contributed by atoms with Gasteiger partial charge in [-0.05, 0) is 65.3 Å². The van der Waals surface area contributed by atoms with Crippen molar-refractivity contribution in [1.29, 1.82) is 0 Å². The lowest BCUT2D eigenvalue weighted by Crippen LogP contribution is -2.36. The predicted octanol–water partition coefficient (Wildman–Crippen LogP) is 2.31. The molecule has 0 saturated heterocycles. The summed E-state index contributed by atoms with van der Waals surface area (Å²) in [7, 11) is 0. The van der Waals surface area contributed by atoms with Crippen LogP contribution in [0.1, 0.15) is 6.42 Å². The molecule has 0 unspecified atom stereocenters. The highest BCUT2D eigenvalue weighted by atomic mass is 127. The van der Waals surface area contributed by atoms with Crippen molar-refractivity contribution < 1.29 is 4.79 Å². The van der Waals surface area contributed by atoms with Gasteiger partial charge in [-0.25, -0.2) is 0 Å². The van der Waals surface area contributed by atoms with E-state index in [-0.39, 0.29) is 5.91 Å².